The number of hydrogen-bond donors (Lipinski definition) is 1. The molecule has 7 heteroatoms. The van der Waals surface area contributed by atoms with Crippen LogP contribution in [0.25, 0.3) is 22.6 Å². The molecule has 1 atom stereocenters. The van der Waals surface area contributed by atoms with Crippen LogP contribution < -0.4 is 10.6 Å². The molecule has 0 amide bonds. The standard InChI is InChI=1S/C21H26N6O/c1-3-26-19(15-4-5-15)23-17-20(26)24-18(14-6-8-16(22)9-7-14)25-21(17)27-10-11-28-12-13(27)2/h6-9,13,15H,3-5,10-12,22H2,1-2H3. The van der Waals surface area contributed by atoms with E-state index in [2.05, 4.69) is 23.3 Å². The van der Waals surface area contributed by atoms with Crippen molar-refractivity contribution in [3.05, 3.63) is 30.1 Å². The molecule has 2 aromatic heterocycles. The summed E-state index contributed by atoms with van der Waals surface area (Å²) in [7, 11) is 0. The number of anilines is 2. The van der Waals surface area contributed by atoms with Gasteiger partial charge in [-0.25, -0.2) is 15.0 Å². The maximum atomic E-state index is 5.87. The molecule has 2 aliphatic rings. The lowest BCUT2D eigenvalue weighted by Gasteiger charge is -2.34. The Morgan fingerprint density at radius 2 is 1.93 bits per heavy atom. The van der Waals surface area contributed by atoms with E-state index in [1.165, 1.54) is 12.8 Å². The van der Waals surface area contributed by atoms with E-state index < -0.39 is 0 Å². The highest BCUT2D eigenvalue weighted by Crippen LogP contribution is 2.42. The van der Waals surface area contributed by atoms with Crippen LogP contribution in [0.15, 0.2) is 24.3 Å². The first kappa shape index (κ1) is 17.4. The highest BCUT2D eigenvalue weighted by Gasteiger charge is 2.32. The van der Waals surface area contributed by atoms with Gasteiger partial charge in [0, 0.05) is 30.3 Å². The van der Waals surface area contributed by atoms with E-state index in [9.17, 15) is 0 Å². The molecular formula is C21H26N6O. The fraction of sp³-hybridized carbons (Fsp3) is 0.476. The topological polar surface area (TPSA) is 82.1 Å². The largest absolute Gasteiger partial charge is 0.399 e. The molecule has 0 bridgehead atoms. The number of nitrogens with two attached hydrogens (primary N) is 1. The molecule has 0 radical (unpaired) electrons. The minimum atomic E-state index is 0.252. The monoisotopic (exact) mass is 378 g/mol. The van der Waals surface area contributed by atoms with Crippen molar-refractivity contribution >= 4 is 22.7 Å². The highest BCUT2D eigenvalue weighted by molar-refractivity contribution is 5.86. The summed E-state index contributed by atoms with van der Waals surface area (Å²) in [5.74, 6) is 3.35. The third-order valence-electron chi connectivity index (χ3n) is 5.67. The second kappa shape index (κ2) is 6.74. The SMILES string of the molecule is CCn1c(C2CC2)nc2c(N3CCOCC3C)nc(-c3ccc(N)cc3)nc21. The average Bonchev–Trinajstić information content (AvgIpc) is 3.48. The number of aromatic nitrogens is 4. The summed E-state index contributed by atoms with van der Waals surface area (Å²) >= 11 is 0. The van der Waals surface area contributed by atoms with Crippen LogP contribution in [-0.2, 0) is 11.3 Å². The number of nitrogen functional groups attached to an aromatic ring is 1. The van der Waals surface area contributed by atoms with Crippen LogP contribution in [0.2, 0.25) is 0 Å². The number of nitrogens with zero attached hydrogens (tertiary/aromatic N) is 5. The number of imidazole rings is 1. The van der Waals surface area contributed by atoms with Crippen LogP contribution in [0.5, 0.6) is 0 Å². The Hall–Kier alpha value is -2.67. The number of aryl methyl sites for hydroxylation is 1. The van der Waals surface area contributed by atoms with Crippen molar-refractivity contribution in [2.24, 2.45) is 0 Å². The molecule has 2 N–H and O–H groups in total. The first-order chi connectivity index (χ1) is 13.7. The second-order valence-electron chi connectivity index (χ2n) is 7.77. The quantitative estimate of drug-likeness (QED) is 0.702. The van der Waals surface area contributed by atoms with E-state index in [1.54, 1.807) is 0 Å². The van der Waals surface area contributed by atoms with Gasteiger partial charge in [0.2, 0.25) is 0 Å². The van der Waals surface area contributed by atoms with Gasteiger partial charge in [-0.2, -0.15) is 0 Å². The molecule has 0 spiro atoms. The Labute approximate surface area is 164 Å². The summed E-state index contributed by atoms with van der Waals surface area (Å²) in [5, 5.41) is 0. The van der Waals surface area contributed by atoms with E-state index in [1.807, 2.05) is 24.3 Å². The molecule has 1 saturated heterocycles. The zero-order chi connectivity index (χ0) is 19.3. The summed E-state index contributed by atoms with van der Waals surface area (Å²) in [6.45, 7) is 7.41. The predicted octanol–water partition coefficient (Wildman–Crippen LogP) is 3.20. The first-order valence-electron chi connectivity index (χ1n) is 10.1. The molecule has 1 saturated carbocycles. The summed E-state index contributed by atoms with van der Waals surface area (Å²) in [4.78, 5) is 17.3. The average molecular weight is 378 g/mol. The van der Waals surface area contributed by atoms with Gasteiger partial charge in [-0.3, -0.25) is 0 Å². The maximum absolute atomic E-state index is 5.87. The Balaban J connectivity index is 1.73. The molecule has 28 heavy (non-hydrogen) atoms. The van der Waals surface area contributed by atoms with E-state index in [0.29, 0.717) is 19.1 Å². The van der Waals surface area contributed by atoms with Gasteiger partial charge in [-0.15, -0.1) is 0 Å². The smallest absolute Gasteiger partial charge is 0.166 e. The zero-order valence-electron chi connectivity index (χ0n) is 16.4. The van der Waals surface area contributed by atoms with Gasteiger partial charge in [0.25, 0.3) is 0 Å². The van der Waals surface area contributed by atoms with Crippen LogP contribution in [0.1, 0.15) is 38.4 Å². The van der Waals surface area contributed by atoms with Gasteiger partial charge in [-0.1, -0.05) is 0 Å². The molecule has 2 fully saturated rings. The van der Waals surface area contributed by atoms with Gasteiger partial charge < -0.3 is 19.9 Å². The van der Waals surface area contributed by atoms with Crippen molar-refractivity contribution < 1.29 is 4.74 Å². The number of benzene rings is 1. The fourth-order valence-corrected chi connectivity index (χ4v) is 3.97. The number of rotatable bonds is 4. The van der Waals surface area contributed by atoms with E-state index in [0.717, 1.165) is 53.0 Å². The molecule has 3 aromatic rings. The van der Waals surface area contributed by atoms with Gasteiger partial charge in [0.05, 0.1) is 19.3 Å². The van der Waals surface area contributed by atoms with Crippen LogP contribution in [0.4, 0.5) is 11.5 Å². The predicted molar refractivity (Wildman–Crippen MR) is 110 cm³/mol. The van der Waals surface area contributed by atoms with Gasteiger partial charge in [0.15, 0.2) is 22.8 Å². The van der Waals surface area contributed by atoms with E-state index in [4.69, 9.17) is 25.4 Å². The molecule has 3 heterocycles. The molecule has 146 valence electrons. The van der Waals surface area contributed by atoms with Crippen LogP contribution in [0.3, 0.4) is 0 Å². The van der Waals surface area contributed by atoms with E-state index >= 15 is 0 Å². The molecule has 1 aliphatic heterocycles. The fourth-order valence-electron chi connectivity index (χ4n) is 3.97. The van der Waals surface area contributed by atoms with Crippen LogP contribution >= 0.6 is 0 Å². The lowest BCUT2D eigenvalue weighted by atomic mass is 10.2. The summed E-state index contributed by atoms with van der Waals surface area (Å²) in [6.07, 6.45) is 2.43. The van der Waals surface area contributed by atoms with Crippen LogP contribution in [-0.4, -0.2) is 45.3 Å². The van der Waals surface area contributed by atoms with Gasteiger partial charge >= 0.3 is 0 Å². The zero-order valence-corrected chi connectivity index (χ0v) is 16.4. The maximum Gasteiger partial charge on any atom is 0.166 e. The molecular weight excluding hydrogens is 352 g/mol. The number of hydrogen-bond acceptors (Lipinski definition) is 6. The van der Waals surface area contributed by atoms with E-state index in [-0.39, 0.29) is 6.04 Å². The van der Waals surface area contributed by atoms with Crippen molar-refractivity contribution in [1.82, 2.24) is 19.5 Å². The Kier molecular flexibility index (Phi) is 4.19. The third kappa shape index (κ3) is 2.90. The third-order valence-corrected chi connectivity index (χ3v) is 5.67. The van der Waals surface area contributed by atoms with Crippen molar-refractivity contribution in [3.8, 4) is 11.4 Å². The second-order valence-corrected chi connectivity index (χ2v) is 7.77. The van der Waals surface area contributed by atoms with Gasteiger partial charge in [0.1, 0.15) is 5.82 Å². The Bertz CT molecular complexity index is 1010. The van der Waals surface area contributed by atoms with Crippen molar-refractivity contribution in [2.75, 3.05) is 30.4 Å². The summed E-state index contributed by atoms with van der Waals surface area (Å²) in [6, 6.07) is 8.01. The lowest BCUT2D eigenvalue weighted by molar-refractivity contribution is 0.0987. The Morgan fingerprint density at radius 1 is 1.14 bits per heavy atom. The summed E-state index contributed by atoms with van der Waals surface area (Å²) in [5.41, 5.74) is 9.42. The summed E-state index contributed by atoms with van der Waals surface area (Å²) < 4.78 is 7.92. The molecule has 1 aliphatic carbocycles. The number of morpholine rings is 1. The highest BCUT2D eigenvalue weighted by atomic mass is 16.5. The molecule has 5 rings (SSSR count). The normalized spacial score (nSPS) is 20.1. The number of ether oxygens (including phenoxy) is 1. The lowest BCUT2D eigenvalue weighted by Crippen LogP contribution is -2.44. The molecule has 1 unspecified atom stereocenters. The Morgan fingerprint density at radius 3 is 2.61 bits per heavy atom. The first-order valence-corrected chi connectivity index (χ1v) is 10.1. The molecule has 1 aromatic carbocycles. The van der Waals surface area contributed by atoms with Crippen molar-refractivity contribution in [1.29, 1.82) is 0 Å². The minimum absolute atomic E-state index is 0.252. The molecule has 7 nitrogen and oxygen atoms in total. The number of fused-ring (bicyclic) bond motifs is 1. The van der Waals surface area contributed by atoms with Crippen LogP contribution in [0, 0.1) is 0 Å². The van der Waals surface area contributed by atoms with Gasteiger partial charge in [-0.05, 0) is 51.0 Å². The van der Waals surface area contributed by atoms with Crippen molar-refractivity contribution in [2.45, 2.75) is 45.2 Å². The van der Waals surface area contributed by atoms with Crippen molar-refractivity contribution in [3.63, 3.8) is 0 Å². The minimum Gasteiger partial charge on any atom is -0.399 e.